The standard InChI is InChI=1S/C11H15NOSe/c1-3-12(4-2)11(13)9-7-5-6-8-10(9)14/h5-8,14H,3-4H2,1-2H3. The number of benzene rings is 1. The quantitative estimate of drug-likeness (QED) is 0.729. The second-order valence-electron chi connectivity index (χ2n) is 2.99. The van der Waals surface area contributed by atoms with Crippen LogP contribution in [0.4, 0.5) is 0 Å². The Morgan fingerprint density at radius 3 is 2.36 bits per heavy atom. The molecule has 1 amide bonds. The van der Waals surface area contributed by atoms with E-state index in [1.165, 1.54) is 0 Å². The summed E-state index contributed by atoms with van der Waals surface area (Å²) in [5, 5.41) is 0. The Morgan fingerprint density at radius 2 is 1.86 bits per heavy atom. The molecule has 14 heavy (non-hydrogen) atoms. The van der Waals surface area contributed by atoms with Crippen molar-refractivity contribution in [1.82, 2.24) is 4.90 Å². The number of carbonyl (C=O) groups excluding carboxylic acids is 1. The van der Waals surface area contributed by atoms with Gasteiger partial charge in [0.05, 0.1) is 0 Å². The molecule has 0 saturated carbocycles. The topological polar surface area (TPSA) is 20.3 Å². The minimum absolute atomic E-state index is 0.117. The second kappa shape index (κ2) is 5.18. The van der Waals surface area contributed by atoms with E-state index in [0.29, 0.717) is 0 Å². The van der Waals surface area contributed by atoms with Crippen LogP contribution in [0.5, 0.6) is 0 Å². The summed E-state index contributed by atoms with van der Waals surface area (Å²) in [6.45, 7) is 5.51. The molecule has 3 heteroatoms. The van der Waals surface area contributed by atoms with Crippen LogP contribution in [0.15, 0.2) is 24.3 Å². The predicted molar refractivity (Wildman–Crippen MR) is 60.5 cm³/mol. The van der Waals surface area contributed by atoms with Gasteiger partial charge in [-0.15, -0.1) is 0 Å². The van der Waals surface area contributed by atoms with Crippen molar-refractivity contribution in [3.63, 3.8) is 0 Å². The normalized spacial score (nSPS) is 9.93. The van der Waals surface area contributed by atoms with Gasteiger partial charge in [-0.05, 0) is 0 Å². The molecule has 0 unspecified atom stereocenters. The third-order valence-electron chi connectivity index (χ3n) is 2.19. The van der Waals surface area contributed by atoms with Gasteiger partial charge in [0.1, 0.15) is 0 Å². The van der Waals surface area contributed by atoms with Crippen LogP contribution in [0.3, 0.4) is 0 Å². The van der Waals surface area contributed by atoms with Crippen LogP contribution < -0.4 is 4.46 Å². The van der Waals surface area contributed by atoms with Gasteiger partial charge in [0.15, 0.2) is 0 Å². The number of rotatable bonds is 3. The molecule has 0 aliphatic carbocycles. The summed E-state index contributed by atoms with van der Waals surface area (Å²) in [5.74, 6) is 0.117. The first-order valence-electron chi connectivity index (χ1n) is 4.78. The van der Waals surface area contributed by atoms with E-state index >= 15 is 0 Å². The van der Waals surface area contributed by atoms with E-state index in [4.69, 9.17) is 0 Å². The molecule has 0 spiro atoms. The molecule has 0 heterocycles. The molecular formula is C11H15NOSe. The summed E-state index contributed by atoms with van der Waals surface area (Å²) in [6.07, 6.45) is 0. The Kier molecular flexibility index (Phi) is 4.18. The van der Waals surface area contributed by atoms with Crippen molar-refractivity contribution in [1.29, 1.82) is 0 Å². The van der Waals surface area contributed by atoms with Crippen LogP contribution in [0.1, 0.15) is 24.2 Å². The van der Waals surface area contributed by atoms with Crippen molar-refractivity contribution in [3.8, 4) is 0 Å². The SMILES string of the molecule is CCN(CC)C(=O)c1ccccc1[SeH]. The van der Waals surface area contributed by atoms with Gasteiger partial charge in [0, 0.05) is 0 Å². The van der Waals surface area contributed by atoms with Crippen molar-refractivity contribution in [2.45, 2.75) is 13.8 Å². The van der Waals surface area contributed by atoms with Gasteiger partial charge in [-0.25, -0.2) is 0 Å². The van der Waals surface area contributed by atoms with Gasteiger partial charge in [0.2, 0.25) is 0 Å². The Hall–Kier alpha value is -0.791. The fraction of sp³-hybridized carbons (Fsp3) is 0.364. The Bertz CT molecular complexity index is 321. The van der Waals surface area contributed by atoms with E-state index < -0.39 is 0 Å². The third kappa shape index (κ3) is 2.37. The van der Waals surface area contributed by atoms with E-state index in [2.05, 4.69) is 16.0 Å². The fourth-order valence-corrected chi connectivity index (χ4v) is 1.87. The molecule has 1 rings (SSSR count). The first kappa shape index (κ1) is 11.3. The number of carbonyl (C=O) groups is 1. The molecule has 0 saturated heterocycles. The fourth-order valence-electron chi connectivity index (χ4n) is 1.34. The van der Waals surface area contributed by atoms with E-state index in [-0.39, 0.29) is 5.91 Å². The summed E-state index contributed by atoms with van der Waals surface area (Å²) in [4.78, 5) is 13.8. The van der Waals surface area contributed by atoms with Gasteiger partial charge in [-0.3, -0.25) is 0 Å². The van der Waals surface area contributed by atoms with Crippen molar-refractivity contribution in [2.75, 3.05) is 13.1 Å². The Morgan fingerprint density at radius 1 is 1.29 bits per heavy atom. The molecule has 0 aliphatic heterocycles. The van der Waals surface area contributed by atoms with Crippen LogP contribution in [0, 0.1) is 0 Å². The van der Waals surface area contributed by atoms with Crippen molar-refractivity contribution in [2.24, 2.45) is 0 Å². The number of hydrogen-bond donors (Lipinski definition) is 0. The molecule has 0 aliphatic rings. The van der Waals surface area contributed by atoms with Gasteiger partial charge in [0.25, 0.3) is 0 Å². The minimum atomic E-state index is 0.117. The van der Waals surface area contributed by atoms with Crippen molar-refractivity contribution < 1.29 is 4.79 Å². The molecule has 2 nitrogen and oxygen atoms in total. The zero-order valence-corrected chi connectivity index (χ0v) is 10.4. The van der Waals surface area contributed by atoms with Gasteiger partial charge in [-0.2, -0.15) is 0 Å². The molecule has 0 N–H and O–H groups in total. The zero-order valence-electron chi connectivity index (χ0n) is 8.53. The van der Waals surface area contributed by atoms with Crippen LogP contribution in [0.2, 0.25) is 0 Å². The van der Waals surface area contributed by atoms with Gasteiger partial charge < -0.3 is 0 Å². The summed E-state index contributed by atoms with van der Waals surface area (Å²) >= 11 is 2.44. The molecule has 0 aromatic heterocycles. The molecule has 0 radical (unpaired) electrons. The average Bonchev–Trinajstić information content (AvgIpc) is 2.20. The van der Waals surface area contributed by atoms with Gasteiger partial charge >= 0.3 is 92.8 Å². The maximum atomic E-state index is 11.9. The van der Waals surface area contributed by atoms with Crippen LogP contribution in [0.25, 0.3) is 0 Å². The monoisotopic (exact) mass is 257 g/mol. The van der Waals surface area contributed by atoms with Crippen LogP contribution >= 0.6 is 0 Å². The van der Waals surface area contributed by atoms with Crippen molar-refractivity contribution in [3.05, 3.63) is 29.8 Å². The average molecular weight is 256 g/mol. The van der Waals surface area contributed by atoms with Crippen molar-refractivity contribution >= 4 is 26.4 Å². The molecule has 0 atom stereocenters. The van der Waals surface area contributed by atoms with Gasteiger partial charge in [-0.1, -0.05) is 0 Å². The van der Waals surface area contributed by atoms with E-state index in [9.17, 15) is 4.79 Å². The molecular weight excluding hydrogens is 241 g/mol. The number of nitrogens with zero attached hydrogens (tertiary/aromatic N) is 1. The second-order valence-corrected chi connectivity index (χ2v) is 4.01. The molecule has 76 valence electrons. The Labute approximate surface area is 93.1 Å². The van der Waals surface area contributed by atoms with Crippen LogP contribution in [-0.4, -0.2) is 39.9 Å². The Balaban J connectivity index is 2.94. The zero-order chi connectivity index (χ0) is 10.6. The summed E-state index contributed by atoms with van der Waals surface area (Å²) in [6, 6.07) is 7.64. The van der Waals surface area contributed by atoms with E-state index in [0.717, 1.165) is 23.1 Å². The molecule has 0 fully saturated rings. The van der Waals surface area contributed by atoms with Crippen LogP contribution in [-0.2, 0) is 0 Å². The first-order chi connectivity index (χ1) is 6.70. The summed E-state index contributed by atoms with van der Waals surface area (Å²) < 4.78 is 0.983. The maximum absolute atomic E-state index is 11.9. The first-order valence-corrected chi connectivity index (χ1v) is 5.71. The number of amides is 1. The predicted octanol–water partition coefficient (Wildman–Crippen LogP) is 0.695. The summed E-state index contributed by atoms with van der Waals surface area (Å²) in [7, 11) is 0. The molecule has 0 bridgehead atoms. The van der Waals surface area contributed by atoms with E-state index in [1.54, 1.807) is 0 Å². The molecule has 1 aromatic rings. The third-order valence-corrected chi connectivity index (χ3v) is 3.00. The summed E-state index contributed by atoms with van der Waals surface area (Å²) in [5.41, 5.74) is 0.788. The van der Waals surface area contributed by atoms with E-state index in [1.807, 2.05) is 43.0 Å². The number of hydrogen-bond acceptors (Lipinski definition) is 1. The molecule has 1 aromatic carbocycles.